The van der Waals surface area contributed by atoms with E-state index in [1.807, 2.05) is 13.8 Å². The summed E-state index contributed by atoms with van der Waals surface area (Å²) in [6, 6.07) is 0. The van der Waals surface area contributed by atoms with Crippen molar-refractivity contribution in [2.75, 3.05) is 0 Å². The van der Waals surface area contributed by atoms with Crippen LogP contribution < -0.4 is 0 Å². The summed E-state index contributed by atoms with van der Waals surface area (Å²) in [5.41, 5.74) is -0.300. The number of hydrogen-bond donors (Lipinski definition) is 0. The van der Waals surface area contributed by atoms with Gasteiger partial charge in [-0.15, -0.1) is 0 Å². The zero-order valence-electron chi connectivity index (χ0n) is 11.6. The second-order valence-electron chi connectivity index (χ2n) is 5.18. The van der Waals surface area contributed by atoms with Crippen molar-refractivity contribution in [3.8, 4) is 0 Å². The van der Waals surface area contributed by atoms with Crippen LogP contribution in [-0.2, 0) is 9.53 Å². The molecular weight excluding hydrogens is 200 g/mol. The molecule has 0 aliphatic heterocycles. The first kappa shape index (κ1) is 15.5. The van der Waals surface area contributed by atoms with Crippen molar-refractivity contribution in [2.24, 2.45) is 5.92 Å². The molecule has 0 fully saturated rings. The van der Waals surface area contributed by atoms with Crippen molar-refractivity contribution in [3.05, 3.63) is 0 Å². The maximum Gasteiger partial charge on any atom is 0.309 e. The van der Waals surface area contributed by atoms with Crippen LogP contribution in [0.3, 0.4) is 0 Å². The zero-order chi connectivity index (χ0) is 12.6. The maximum atomic E-state index is 11.9. The van der Waals surface area contributed by atoms with E-state index in [-0.39, 0.29) is 17.5 Å². The Kier molecular flexibility index (Phi) is 7.44. The summed E-state index contributed by atoms with van der Waals surface area (Å²) in [5.74, 6) is 0.0884. The fraction of sp³-hybridized carbons (Fsp3) is 0.929. The third-order valence-corrected chi connectivity index (χ3v) is 2.96. The van der Waals surface area contributed by atoms with Crippen LogP contribution >= 0.6 is 0 Å². The van der Waals surface area contributed by atoms with E-state index >= 15 is 0 Å². The highest BCUT2D eigenvalue weighted by Crippen LogP contribution is 2.22. The summed E-state index contributed by atoms with van der Waals surface area (Å²) < 4.78 is 5.59. The van der Waals surface area contributed by atoms with Crippen molar-refractivity contribution < 1.29 is 9.53 Å². The van der Waals surface area contributed by atoms with Crippen LogP contribution in [0, 0.1) is 5.92 Å². The molecule has 0 rings (SSSR count). The van der Waals surface area contributed by atoms with Crippen molar-refractivity contribution in [1.29, 1.82) is 0 Å². The lowest BCUT2D eigenvalue weighted by Gasteiger charge is -2.27. The molecule has 0 spiro atoms. The number of carbonyl (C=O) groups excluding carboxylic acids is 1. The van der Waals surface area contributed by atoms with Crippen LogP contribution in [0.15, 0.2) is 0 Å². The standard InChI is InChI=1S/C14H28O2/c1-6-9-10-12(8-3)13(15)16-14(4,5)11-7-2/h12H,6-11H2,1-5H3. The highest BCUT2D eigenvalue weighted by molar-refractivity contribution is 5.72. The van der Waals surface area contributed by atoms with Gasteiger partial charge in [0.25, 0.3) is 0 Å². The first-order valence-electron chi connectivity index (χ1n) is 6.69. The molecule has 2 heteroatoms. The lowest BCUT2D eigenvalue weighted by atomic mass is 9.98. The van der Waals surface area contributed by atoms with Gasteiger partial charge in [0.05, 0.1) is 5.92 Å². The predicted molar refractivity (Wildman–Crippen MR) is 68.4 cm³/mol. The quantitative estimate of drug-likeness (QED) is 0.578. The van der Waals surface area contributed by atoms with Crippen molar-refractivity contribution in [1.82, 2.24) is 0 Å². The average molecular weight is 228 g/mol. The second-order valence-corrected chi connectivity index (χ2v) is 5.18. The Balaban J connectivity index is 4.19. The Labute approximate surface area is 101 Å². The molecule has 0 radical (unpaired) electrons. The van der Waals surface area contributed by atoms with Crippen molar-refractivity contribution in [3.63, 3.8) is 0 Å². The number of hydrogen-bond acceptors (Lipinski definition) is 2. The first-order chi connectivity index (χ1) is 7.46. The molecule has 0 bridgehead atoms. The normalized spacial score (nSPS) is 13.6. The highest BCUT2D eigenvalue weighted by atomic mass is 16.6. The van der Waals surface area contributed by atoms with Crippen molar-refractivity contribution >= 4 is 5.97 Å². The van der Waals surface area contributed by atoms with Crippen LogP contribution in [0.5, 0.6) is 0 Å². The van der Waals surface area contributed by atoms with Gasteiger partial charge in [-0.25, -0.2) is 0 Å². The topological polar surface area (TPSA) is 26.3 Å². The molecule has 16 heavy (non-hydrogen) atoms. The molecule has 0 heterocycles. The van der Waals surface area contributed by atoms with Crippen molar-refractivity contribution in [2.45, 2.75) is 78.7 Å². The molecule has 0 saturated heterocycles. The lowest BCUT2D eigenvalue weighted by Crippen LogP contribution is -2.31. The van der Waals surface area contributed by atoms with Gasteiger partial charge in [-0.05, 0) is 33.1 Å². The molecule has 2 nitrogen and oxygen atoms in total. The lowest BCUT2D eigenvalue weighted by molar-refractivity contribution is -0.162. The fourth-order valence-electron chi connectivity index (χ4n) is 1.95. The molecule has 0 N–H and O–H groups in total. The van der Waals surface area contributed by atoms with Gasteiger partial charge in [0.1, 0.15) is 5.60 Å². The molecule has 0 aromatic rings. The van der Waals surface area contributed by atoms with Crippen LogP contribution in [0.1, 0.15) is 73.1 Å². The van der Waals surface area contributed by atoms with Gasteiger partial charge < -0.3 is 4.74 Å². The molecule has 96 valence electrons. The monoisotopic (exact) mass is 228 g/mol. The van der Waals surface area contributed by atoms with E-state index in [0.717, 1.165) is 38.5 Å². The molecule has 0 aliphatic carbocycles. The van der Waals surface area contributed by atoms with Gasteiger partial charge in [-0.2, -0.15) is 0 Å². The zero-order valence-corrected chi connectivity index (χ0v) is 11.6. The molecular formula is C14H28O2. The van der Waals surface area contributed by atoms with Crippen LogP contribution in [0.2, 0.25) is 0 Å². The molecule has 0 aromatic carbocycles. The van der Waals surface area contributed by atoms with Gasteiger partial charge in [-0.1, -0.05) is 40.0 Å². The first-order valence-corrected chi connectivity index (χ1v) is 6.69. The Morgan fingerprint density at radius 2 is 1.81 bits per heavy atom. The van der Waals surface area contributed by atoms with Crippen LogP contribution in [-0.4, -0.2) is 11.6 Å². The van der Waals surface area contributed by atoms with Gasteiger partial charge in [0.15, 0.2) is 0 Å². The molecule has 1 unspecified atom stereocenters. The summed E-state index contributed by atoms with van der Waals surface area (Å²) >= 11 is 0. The summed E-state index contributed by atoms with van der Waals surface area (Å²) in [7, 11) is 0. The van der Waals surface area contributed by atoms with Crippen LogP contribution in [0.25, 0.3) is 0 Å². The van der Waals surface area contributed by atoms with E-state index in [1.165, 1.54) is 0 Å². The second kappa shape index (κ2) is 7.70. The van der Waals surface area contributed by atoms with Gasteiger partial charge in [0.2, 0.25) is 0 Å². The average Bonchev–Trinajstić information content (AvgIpc) is 2.17. The van der Waals surface area contributed by atoms with E-state index in [0.29, 0.717) is 0 Å². The Bertz CT molecular complexity index is 197. The Morgan fingerprint density at radius 3 is 2.25 bits per heavy atom. The van der Waals surface area contributed by atoms with E-state index in [2.05, 4.69) is 20.8 Å². The largest absolute Gasteiger partial charge is 0.459 e. The number of ether oxygens (including phenoxy) is 1. The maximum absolute atomic E-state index is 11.9. The molecule has 1 atom stereocenters. The van der Waals surface area contributed by atoms with Crippen LogP contribution in [0.4, 0.5) is 0 Å². The molecule has 0 amide bonds. The van der Waals surface area contributed by atoms with Gasteiger partial charge in [0, 0.05) is 0 Å². The summed E-state index contributed by atoms with van der Waals surface area (Å²) in [6.45, 7) is 10.3. The molecule has 0 saturated carbocycles. The number of rotatable bonds is 8. The Hall–Kier alpha value is -0.530. The number of carbonyl (C=O) groups is 1. The fourth-order valence-corrected chi connectivity index (χ4v) is 1.95. The van der Waals surface area contributed by atoms with E-state index in [1.54, 1.807) is 0 Å². The third kappa shape index (κ3) is 6.14. The van der Waals surface area contributed by atoms with E-state index in [9.17, 15) is 4.79 Å². The summed E-state index contributed by atoms with van der Waals surface area (Å²) in [4.78, 5) is 11.9. The molecule has 0 aliphatic rings. The minimum atomic E-state index is -0.300. The minimum absolute atomic E-state index is 0.00519. The van der Waals surface area contributed by atoms with E-state index < -0.39 is 0 Å². The van der Waals surface area contributed by atoms with E-state index in [4.69, 9.17) is 4.74 Å². The molecule has 0 aromatic heterocycles. The Morgan fingerprint density at radius 1 is 1.19 bits per heavy atom. The highest BCUT2D eigenvalue weighted by Gasteiger charge is 2.26. The third-order valence-electron chi connectivity index (χ3n) is 2.96. The predicted octanol–water partition coefficient (Wildman–Crippen LogP) is 4.32. The number of unbranched alkanes of at least 4 members (excludes halogenated alkanes) is 1. The summed E-state index contributed by atoms with van der Waals surface area (Å²) in [5, 5.41) is 0. The summed E-state index contributed by atoms with van der Waals surface area (Å²) in [6.07, 6.45) is 6.09. The van der Waals surface area contributed by atoms with Gasteiger partial charge >= 0.3 is 5.97 Å². The SMILES string of the molecule is CCCCC(CC)C(=O)OC(C)(C)CCC. The smallest absolute Gasteiger partial charge is 0.309 e. The van der Waals surface area contributed by atoms with Gasteiger partial charge in [-0.3, -0.25) is 4.79 Å². The minimum Gasteiger partial charge on any atom is -0.459 e. The number of esters is 1.